The molecule has 0 spiro atoms. The zero-order valence-electron chi connectivity index (χ0n) is 16.7. The molecule has 0 fully saturated rings. The van der Waals surface area contributed by atoms with Gasteiger partial charge in [-0.2, -0.15) is 0 Å². The average Bonchev–Trinajstić information content (AvgIpc) is 3.19. The van der Waals surface area contributed by atoms with Crippen molar-refractivity contribution in [2.45, 2.75) is 26.0 Å². The van der Waals surface area contributed by atoms with E-state index in [0.29, 0.717) is 12.3 Å². The van der Waals surface area contributed by atoms with Crippen molar-refractivity contribution in [2.75, 3.05) is 0 Å². The van der Waals surface area contributed by atoms with Gasteiger partial charge in [0.2, 0.25) is 5.91 Å². The Kier molecular flexibility index (Phi) is 5.66. The van der Waals surface area contributed by atoms with Crippen LogP contribution in [0.3, 0.4) is 0 Å². The molecule has 6 heteroatoms. The Morgan fingerprint density at radius 2 is 1.63 bits per heavy atom. The van der Waals surface area contributed by atoms with Crippen LogP contribution in [0.5, 0.6) is 5.75 Å². The van der Waals surface area contributed by atoms with Crippen LogP contribution in [-0.2, 0) is 16.1 Å². The first-order valence-corrected chi connectivity index (χ1v) is 9.88. The topological polar surface area (TPSA) is 72.4 Å². The minimum absolute atomic E-state index is 0.249. The van der Waals surface area contributed by atoms with E-state index in [1.165, 1.54) is 0 Å². The second-order valence-electron chi connectivity index (χ2n) is 7.12. The third kappa shape index (κ3) is 4.43. The van der Waals surface area contributed by atoms with Gasteiger partial charge in [0.25, 0.3) is 5.91 Å². The lowest BCUT2D eigenvalue weighted by Crippen LogP contribution is -2.47. The van der Waals surface area contributed by atoms with Crippen LogP contribution in [0.1, 0.15) is 13.3 Å². The van der Waals surface area contributed by atoms with E-state index in [2.05, 4.69) is 10.9 Å². The molecule has 0 aliphatic carbocycles. The molecule has 1 heterocycles. The highest BCUT2D eigenvalue weighted by Gasteiger charge is 2.15. The number of benzene rings is 3. The largest absolute Gasteiger partial charge is 0.481 e. The van der Waals surface area contributed by atoms with Crippen LogP contribution < -0.4 is 15.6 Å². The molecule has 0 saturated carbocycles. The monoisotopic (exact) mass is 401 g/mol. The van der Waals surface area contributed by atoms with Gasteiger partial charge in [-0.15, -0.1) is 0 Å². The quantitative estimate of drug-likeness (QED) is 0.483. The number of carbonyl (C=O) groups excluding carboxylic acids is 2. The number of fused-ring (bicyclic) bond motifs is 2. The number of hydrogen-bond acceptors (Lipinski definition) is 3. The molecule has 0 radical (unpaired) electrons. The lowest BCUT2D eigenvalue weighted by Gasteiger charge is -2.15. The van der Waals surface area contributed by atoms with Gasteiger partial charge in [0.1, 0.15) is 5.75 Å². The van der Waals surface area contributed by atoms with Crippen molar-refractivity contribution in [3.63, 3.8) is 0 Å². The van der Waals surface area contributed by atoms with Gasteiger partial charge in [0.05, 0.1) is 0 Å². The van der Waals surface area contributed by atoms with Crippen LogP contribution >= 0.6 is 0 Å². The van der Waals surface area contributed by atoms with Gasteiger partial charge in [0, 0.05) is 24.7 Å². The van der Waals surface area contributed by atoms with Crippen LogP contribution in [0.4, 0.5) is 0 Å². The number of rotatable bonds is 6. The summed E-state index contributed by atoms with van der Waals surface area (Å²) in [6.45, 7) is 2.17. The predicted octanol–water partition coefficient (Wildman–Crippen LogP) is 3.80. The molecule has 1 unspecified atom stereocenters. The molecular weight excluding hydrogens is 378 g/mol. The predicted molar refractivity (Wildman–Crippen MR) is 117 cm³/mol. The number of hydrazine groups is 1. The Labute approximate surface area is 174 Å². The number of aromatic nitrogens is 1. The molecule has 6 nitrogen and oxygen atoms in total. The number of amides is 2. The molecule has 1 aromatic heterocycles. The molecule has 4 aromatic rings. The average molecular weight is 401 g/mol. The number of aryl methyl sites for hydroxylation is 1. The molecule has 3 aromatic carbocycles. The Hall–Kier alpha value is -3.80. The van der Waals surface area contributed by atoms with Crippen molar-refractivity contribution in [3.05, 3.63) is 79.0 Å². The lowest BCUT2D eigenvalue weighted by atomic mass is 10.1. The fourth-order valence-electron chi connectivity index (χ4n) is 3.35. The van der Waals surface area contributed by atoms with E-state index in [1.807, 2.05) is 83.6 Å². The molecular formula is C24H23N3O3. The van der Waals surface area contributed by atoms with E-state index >= 15 is 0 Å². The highest BCUT2D eigenvalue weighted by molar-refractivity contribution is 5.86. The van der Waals surface area contributed by atoms with E-state index in [9.17, 15) is 9.59 Å². The number of hydrogen-bond donors (Lipinski definition) is 2. The number of nitrogens with one attached hydrogen (secondary N) is 2. The number of para-hydroxylation sites is 1. The summed E-state index contributed by atoms with van der Waals surface area (Å²) in [4.78, 5) is 24.4. The van der Waals surface area contributed by atoms with E-state index in [4.69, 9.17) is 4.74 Å². The first-order chi connectivity index (χ1) is 14.6. The van der Waals surface area contributed by atoms with E-state index in [1.54, 1.807) is 6.92 Å². The normalized spacial score (nSPS) is 11.9. The van der Waals surface area contributed by atoms with Gasteiger partial charge in [-0.05, 0) is 47.3 Å². The SMILES string of the molecule is CC(Oc1ccc2ccccc2c1)C(=O)NNC(=O)CCn1ccc2ccccc21. The summed E-state index contributed by atoms with van der Waals surface area (Å²) in [7, 11) is 0. The zero-order chi connectivity index (χ0) is 20.9. The van der Waals surface area contributed by atoms with Gasteiger partial charge in [-0.1, -0.05) is 48.5 Å². The molecule has 4 rings (SSSR count). The van der Waals surface area contributed by atoms with Gasteiger partial charge in [0.15, 0.2) is 6.10 Å². The van der Waals surface area contributed by atoms with Crippen LogP contribution in [0, 0.1) is 0 Å². The van der Waals surface area contributed by atoms with Gasteiger partial charge < -0.3 is 9.30 Å². The Morgan fingerprint density at radius 1 is 0.900 bits per heavy atom. The summed E-state index contributed by atoms with van der Waals surface area (Å²) in [5.74, 6) is -0.0795. The molecule has 2 N–H and O–H groups in total. The Morgan fingerprint density at radius 3 is 2.47 bits per heavy atom. The zero-order valence-corrected chi connectivity index (χ0v) is 16.7. The summed E-state index contributed by atoms with van der Waals surface area (Å²) in [6, 6.07) is 23.6. The summed E-state index contributed by atoms with van der Waals surface area (Å²) in [5.41, 5.74) is 5.97. The number of nitrogens with zero attached hydrogens (tertiary/aromatic N) is 1. The lowest BCUT2D eigenvalue weighted by molar-refractivity contribution is -0.132. The van der Waals surface area contributed by atoms with Gasteiger partial charge in [-0.25, -0.2) is 0 Å². The minimum Gasteiger partial charge on any atom is -0.481 e. The fraction of sp³-hybridized carbons (Fsp3) is 0.167. The van der Waals surface area contributed by atoms with Crippen LogP contribution in [0.2, 0.25) is 0 Å². The maximum atomic E-state index is 12.3. The number of ether oxygens (including phenoxy) is 1. The third-order valence-corrected chi connectivity index (χ3v) is 4.99. The van der Waals surface area contributed by atoms with E-state index in [0.717, 1.165) is 21.7 Å². The van der Waals surface area contributed by atoms with E-state index in [-0.39, 0.29) is 12.3 Å². The molecule has 152 valence electrons. The van der Waals surface area contributed by atoms with Crippen LogP contribution in [0.25, 0.3) is 21.7 Å². The molecule has 0 saturated heterocycles. The second-order valence-corrected chi connectivity index (χ2v) is 7.12. The summed E-state index contributed by atoms with van der Waals surface area (Å²) < 4.78 is 7.73. The third-order valence-electron chi connectivity index (χ3n) is 4.99. The summed E-state index contributed by atoms with van der Waals surface area (Å²) in [5, 5.41) is 3.27. The smallest absolute Gasteiger partial charge is 0.279 e. The molecule has 0 bridgehead atoms. The molecule has 2 amide bonds. The maximum Gasteiger partial charge on any atom is 0.279 e. The molecule has 0 aliphatic rings. The van der Waals surface area contributed by atoms with Crippen molar-refractivity contribution in [1.82, 2.24) is 15.4 Å². The fourth-order valence-corrected chi connectivity index (χ4v) is 3.35. The van der Waals surface area contributed by atoms with Gasteiger partial charge in [-0.3, -0.25) is 20.4 Å². The van der Waals surface area contributed by atoms with Crippen molar-refractivity contribution >= 4 is 33.5 Å². The summed E-state index contributed by atoms with van der Waals surface area (Å²) >= 11 is 0. The first-order valence-electron chi connectivity index (χ1n) is 9.88. The molecule has 0 aliphatic heterocycles. The molecule has 30 heavy (non-hydrogen) atoms. The van der Waals surface area contributed by atoms with Gasteiger partial charge >= 0.3 is 0 Å². The summed E-state index contributed by atoms with van der Waals surface area (Å²) in [6.07, 6.45) is 1.45. The molecule has 1 atom stereocenters. The van der Waals surface area contributed by atoms with Crippen LogP contribution in [-0.4, -0.2) is 22.5 Å². The number of carbonyl (C=O) groups is 2. The highest BCUT2D eigenvalue weighted by atomic mass is 16.5. The minimum atomic E-state index is -0.750. The Bertz CT molecular complexity index is 1200. The highest BCUT2D eigenvalue weighted by Crippen LogP contribution is 2.21. The van der Waals surface area contributed by atoms with Crippen molar-refractivity contribution < 1.29 is 14.3 Å². The van der Waals surface area contributed by atoms with Crippen LogP contribution in [0.15, 0.2) is 79.0 Å². The first kappa shape index (κ1) is 19.5. The van der Waals surface area contributed by atoms with Crippen molar-refractivity contribution in [3.8, 4) is 5.75 Å². The van der Waals surface area contributed by atoms with E-state index < -0.39 is 12.0 Å². The van der Waals surface area contributed by atoms with Crippen molar-refractivity contribution in [2.24, 2.45) is 0 Å². The van der Waals surface area contributed by atoms with Crippen molar-refractivity contribution in [1.29, 1.82) is 0 Å². The standard InChI is InChI=1S/C24H23N3O3/c1-17(30-21-11-10-18-6-2-3-8-20(18)16-21)24(29)26-25-23(28)13-15-27-14-12-19-7-4-5-9-22(19)27/h2-12,14,16-17H,13,15H2,1H3,(H,25,28)(H,26,29). The Balaban J connectivity index is 1.26. The second kappa shape index (κ2) is 8.69. The maximum absolute atomic E-state index is 12.3.